The molecule has 40 heavy (non-hydrogen) atoms. The predicted molar refractivity (Wildman–Crippen MR) is 165 cm³/mol. The normalized spacial score (nSPS) is 14.5. The number of carbonyl (C=O) groups is 2. The van der Waals surface area contributed by atoms with Gasteiger partial charge in [0.1, 0.15) is 5.84 Å². The van der Waals surface area contributed by atoms with E-state index in [4.69, 9.17) is 5.73 Å². The summed E-state index contributed by atoms with van der Waals surface area (Å²) in [6.07, 6.45) is 11.9. The van der Waals surface area contributed by atoms with Crippen molar-refractivity contribution in [1.82, 2.24) is 14.8 Å². The second kappa shape index (κ2) is 13.7. The molecular formula is C32H40N6O2. The molecule has 4 rings (SSSR count). The highest BCUT2D eigenvalue weighted by Gasteiger charge is 2.21. The van der Waals surface area contributed by atoms with Gasteiger partial charge in [-0.05, 0) is 60.0 Å². The number of fused-ring (bicyclic) bond motifs is 1. The number of amidine groups is 1. The van der Waals surface area contributed by atoms with Gasteiger partial charge in [-0.3, -0.25) is 14.6 Å². The van der Waals surface area contributed by atoms with Crippen molar-refractivity contribution in [2.75, 3.05) is 39.8 Å². The van der Waals surface area contributed by atoms with E-state index in [0.29, 0.717) is 23.4 Å². The molecule has 1 amide bonds. The molecule has 8 nitrogen and oxygen atoms in total. The van der Waals surface area contributed by atoms with E-state index in [9.17, 15) is 9.59 Å². The van der Waals surface area contributed by atoms with Gasteiger partial charge in [-0.1, -0.05) is 38.1 Å². The van der Waals surface area contributed by atoms with Crippen LogP contribution in [-0.4, -0.2) is 78.8 Å². The van der Waals surface area contributed by atoms with E-state index < -0.39 is 0 Å². The minimum atomic E-state index is 0.0257. The Kier molecular flexibility index (Phi) is 9.89. The number of nitrogens with zero attached hydrogens (tertiary/aromatic N) is 5. The zero-order valence-corrected chi connectivity index (χ0v) is 23.8. The Bertz CT molecular complexity index is 1340. The maximum Gasteiger partial charge on any atom is 0.250 e. The van der Waals surface area contributed by atoms with E-state index in [1.807, 2.05) is 72.9 Å². The van der Waals surface area contributed by atoms with Gasteiger partial charge in [0.05, 0.1) is 12.2 Å². The molecular weight excluding hydrogens is 500 g/mol. The van der Waals surface area contributed by atoms with Crippen LogP contribution in [0.3, 0.4) is 0 Å². The number of rotatable bonds is 12. The van der Waals surface area contributed by atoms with Crippen LogP contribution in [-0.2, 0) is 4.79 Å². The Balaban J connectivity index is 1.57. The van der Waals surface area contributed by atoms with Crippen LogP contribution in [0, 0.1) is 0 Å². The number of nitrogens with two attached hydrogens (primary N) is 1. The zero-order chi connectivity index (χ0) is 28.5. The van der Waals surface area contributed by atoms with Crippen LogP contribution >= 0.6 is 0 Å². The Morgan fingerprint density at radius 3 is 2.50 bits per heavy atom. The Labute approximate surface area is 237 Å². The second-order valence-electron chi connectivity index (χ2n) is 10.3. The minimum Gasteiger partial charge on any atom is -0.387 e. The number of aldehydes is 1. The van der Waals surface area contributed by atoms with Crippen molar-refractivity contribution in [3.8, 4) is 11.1 Å². The van der Waals surface area contributed by atoms with Gasteiger partial charge in [-0.25, -0.2) is 4.99 Å². The largest absolute Gasteiger partial charge is 0.387 e. The highest BCUT2D eigenvalue weighted by Crippen LogP contribution is 2.33. The van der Waals surface area contributed by atoms with Crippen molar-refractivity contribution in [3.63, 3.8) is 0 Å². The number of carbonyl (C=O) groups excluding carboxylic acids is 2. The van der Waals surface area contributed by atoms with E-state index in [1.54, 1.807) is 0 Å². The first kappa shape index (κ1) is 28.8. The molecule has 210 valence electrons. The Morgan fingerprint density at radius 1 is 1.05 bits per heavy atom. The van der Waals surface area contributed by atoms with Gasteiger partial charge in [0.15, 0.2) is 6.29 Å². The van der Waals surface area contributed by atoms with Gasteiger partial charge in [-0.15, -0.1) is 0 Å². The number of likely N-dealkylation sites (N-methyl/N-ethyl adjacent to an activating group) is 1. The average molecular weight is 541 g/mol. The molecule has 2 aliphatic rings. The molecule has 2 aliphatic heterocycles. The minimum absolute atomic E-state index is 0.0257. The van der Waals surface area contributed by atoms with Crippen LogP contribution < -0.4 is 5.73 Å². The lowest BCUT2D eigenvalue weighted by Gasteiger charge is -2.22. The fourth-order valence-electron chi connectivity index (χ4n) is 4.93. The van der Waals surface area contributed by atoms with Gasteiger partial charge in [0.2, 0.25) is 5.91 Å². The maximum absolute atomic E-state index is 13.3. The lowest BCUT2D eigenvalue weighted by Crippen LogP contribution is -2.34. The summed E-state index contributed by atoms with van der Waals surface area (Å²) in [6.45, 7) is 8.27. The van der Waals surface area contributed by atoms with E-state index in [1.165, 1.54) is 0 Å². The zero-order valence-electron chi connectivity index (χ0n) is 23.8. The third-order valence-corrected chi connectivity index (χ3v) is 7.07. The molecule has 0 spiro atoms. The molecule has 2 aromatic carbocycles. The molecule has 0 radical (unpaired) electrons. The fourth-order valence-corrected chi connectivity index (χ4v) is 4.93. The van der Waals surface area contributed by atoms with Crippen LogP contribution in [0.15, 0.2) is 58.3 Å². The first-order valence-electron chi connectivity index (χ1n) is 14.1. The van der Waals surface area contributed by atoms with E-state index in [-0.39, 0.29) is 5.91 Å². The standard InChI is InChI=1S/C32H40N6O2/c1-4-13-37(14-5-2)32(40)29-20-27-9-7-25(21-30(27)35-31(33)22-29)24-8-10-28(23-39)26(19-24)11-16-36(3)17-18-38-15-6-12-34-38/h7-12,16,19-21,23H,4-6,13-15,17-18,22H2,1-3H3,(H2,33,35)/b16-11-. The molecule has 2 aromatic rings. The molecule has 0 aromatic heterocycles. The highest BCUT2D eigenvalue weighted by molar-refractivity contribution is 6.05. The predicted octanol–water partition coefficient (Wildman–Crippen LogP) is 5.18. The van der Waals surface area contributed by atoms with E-state index in [0.717, 1.165) is 86.2 Å². The summed E-state index contributed by atoms with van der Waals surface area (Å²) in [6, 6.07) is 11.8. The number of aliphatic imine (C=N–C) groups is 1. The summed E-state index contributed by atoms with van der Waals surface area (Å²) in [5.41, 5.74) is 12.0. The monoisotopic (exact) mass is 540 g/mol. The van der Waals surface area contributed by atoms with Crippen LogP contribution in [0.2, 0.25) is 0 Å². The molecule has 8 heteroatoms. The van der Waals surface area contributed by atoms with Crippen LogP contribution in [0.25, 0.3) is 23.3 Å². The summed E-state index contributed by atoms with van der Waals surface area (Å²) in [5.74, 6) is 0.448. The van der Waals surface area contributed by atoms with Crippen molar-refractivity contribution >= 4 is 42.1 Å². The van der Waals surface area contributed by atoms with Gasteiger partial charge in [0.25, 0.3) is 0 Å². The first-order chi connectivity index (χ1) is 19.4. The molecule has 0 fully saturated rings. The SMILES string of the molecule is CCCN(CCC)C(=O)C1=Cc2ccc(-c3ccc(C=O)c(/C=C\N(C)CCN4CCC=N4)c3)cc2N=C(N)C1. The van der Waals surface area contributed by atoms with Gasteiger partial charge >= 0.3 is 0 Å². The second-order valence-corrected chi connectivity index (χ2v) is 10.3. The summed E-state index contributed by atoms with van der Waals surface area (Å²) >= 11 is 0. The highest BCUT2D eigenvalue weighted by atomic mass is 16.2. The van der Waals surface area contributed by atoms with Crippen molar-refractivity contribution in [2.24, 2.45) is 15.8 Å². The lowest BCUT2D eigenvalue weighted by atomic mass is 9.97. The van der Waals surface area contributed by atoms with Crippen molar-refractivity contribution in [1.29, 1.82) is 0 Å². The number of hydrazone groups is 1. The third-order valence-electron chi connectivity index (χ3n) is 7.07. The van der Waals surface area contributed by atoms with Crippen LogP contribution in [0.5, 0.6) is 0 Å². The number of hydrogen-bond acceptors (Lipinski definition) is 7. The van der Waals surface area contributed by atoms with Gasteiger partial charge in [0, 0.05) is 69.0 Å². The lowest BCUT2D eigenvalue weighted by molar-refractivity contribution is -0.127. The molecule has 0 bridgehead atoms. The molecule has 0 aliphatic carbocycles. The van der Waals surface area contributed by atoms with Crippen molar-refractivity contribution < 1.29 is 9.59 Å². The van der Waals surface area contributed by atoms with Crippen molar-refractivity contribution in [3.05, 3.63) is 64.9 Å². The Morgan fingerprint density at radius 2 is 1.80 bits per heavy atom. The summed E-state index contributed by atoms with van der Waals surface area (Å²) in [4.78, 5) is 33.7. The molecule has 0 unspecified atom stereocenters. The number of benzene rings is 2. The summed E-state index contributed by atoms with van der Waals surface area (Å²) in [5, 5.41) is 6.41. The Hall–Kier alpha value is -4.20. The van der Waals surface area contributed by atoms with E-state index >= 15 is 0 Å². The van der Waals surface area contributed by atoms with Crippen LogP contribution in [0.4, 0.5) is 5.69 Å². The molecule has 0 atom stereocenters. The van der Waals surface area contributed by atoms with Gasteiger partial charge < -0.3 is 15.5 Å². The number of hydrogen-bond donors (Lipinski definition) is 1. The van der Waals surface area contributed by atoms with Crippen LogP contribution in [0.1, 0.15) is 61.0 Å². The summed E-state index contributed by atoms with van der Waals surface area (Å²) in [7, 11) is 2.02. The van der Waals surface area contributed by atoms with Crippen molar-refractivity contribution in [2.45, 2.75) is 39.5 Å². The summed E-state index contributed by atoms with van der Waals surface area (Å²) < 4.78 is 0. The molecule has 0 saturated heterocycles. The topological polar surface area (TPSA) is 94.6 Å². The first-order valence-corrected chi connectivity index (χ1v) is 14.1. The molecule has 2 heterocycles. The van der Waals surface area contributed by atoms with E-state index in [2.05, 4.69) is 33.9 Å². The quantitative estimate of drug-likeness (QED) is 0.374. The van der Waals surface area contributed by atoms with Gasteiger partial charge in [-0.2, -0.15) is 5.10 Å². The maximum atomic E-state index is 13.3. The smallest absolute Gasteiger partial charge is 0.250 e. The fraction of sp³-hybridized carbons (Fsp3) is 0.375. The molecule has 0 saturated carbocycles. The third kappa shape index (κ3) is 7.25. The molecule has 2 N–H and O–H groups in total. The average Bonchev–Trinajstić information content (AvgIpc) is 3.42. The number of amides is 1.